The van der Waals surface area contributed by atoms with Crippen LogP contribution in [0, 0.1) is 0 Å². The molecule has 0 aliphatic rings. The molecule has 0 heterocycles. The summed E-state index contributed by atoms with van der Waals surface area (Å²) in [5.74, 6) is 0.166. The lowest BCUT2D eigenvalue weighted by molar-refractivity contribution is -0.133. The molecule has 2 N–H and O–H groups in total. The molecule has 26 heavy (non-hydrogen) atoms. The van der Waals surface area contributed by atoms with Crippen LogP contribution >= 0.6 is 39.9 Å². The summed E-state index contributed by atoms with van der Waals surface area (Å²) in [6.45, 7) is 0.489. The first-order valence-corrected chi connectivity index (χ1v) is 8.51. The molecule has 10 heteroatoms. The number of alkyl halides is 3. The van der Waals surface area contributed by atoms with Gasteiger partial charge in [-0.05, 0) is 11.6 Å². The van der Waals surface area contributed by atoms with Gasteiger partial charge in [0, 0.05) is 44.6 Å². The minimum Gasteiger partial charge on any atom is -0.356 e. The van der Waals surface area contributed by atoms with E-state index in [1.54, 1.807) is 11.9 Å². The second-order valence-corrected chi connectivity index (χ2v) is 6.24. The average molecular weight is 551 g/mol. The first-order chi connectivity index (χ1) is 11.7. The van der Waals surface area contributed by atoms with Gasteiger partial charge in [-0.1, -0.05) is 34.1 Å². The molecule has 1 aromatic carbocycles. The van der Waals surface area contributed by atoms with Crippen molar-refractivity contribution >= 4 is 51.8 Å². The van der Waals surface area contributed by atoms with Crippen molar-refractivity contribution in [2.75, 3.05) is 27.2 Å². The lowest BCUT2D eigenvalue weighted by atomic mass is 10.2. The Bertz CT molecular complexity index is 599. The lowest BCUT2D eigenvalue weighted by Crippen LogP contribution is -2.40. The van der Waals surface area contributed by atoms with Gasteiger partial charge in [-0.15, -0.1) is 24.0 Å². The van der Waals surface area contributed by atoms with Crippen LogP contribution in [0.5, 0.6) is 0 Å². The number of halogens is 5. The number of amides is 1. The smallest absolute Gasteiger partial charge is 0.356 e. The topological polar surface area (TPSA) is 56.7 Å². The number of hydrogen-bond donors (Lipinski definition) is 2. The second kappa shape index (κ2) is 12.4. The van der Waals surface area contributed by atoms with Crippen LogP contribution in [0.15, 0.2) is 33.7 Å². The highest BCUT2D eigenvalue weighted by atomic mass is 127. The zero-order chi connectivity index (χ0) is 18.9. The predicted octanol–water partition coefficient (Wildman–Crippen LogP) is 3.53. The number of guanidine groups is 1. The number of carbonyl (C=O) groups excluding carboxylic acids is 1. The fraction of sp³-hybridized carbons (Fsp3) is 0.500. The Morgan fingerprint density at radius 2 is 1.85 bits per heavy atom. The lowest BCUT2D eigenvalue weighted by Gasteiger charge is -2.19. The zero-order valence-corrected chi connectivity index (χ0v) is 18.5. The van der Waals surface area contributed by atoms with Crippen LogP contribution in [0.2, 0.25) is 0 Å². The van der Waals surface area contributed by atoms with Gasteiger partial charge in [0.05, 0.1) is 6.42 Å². The van der Waals surface area contributed by atoms with E-state index < -0.39 is 12.6 Å². The molecule has 0 aliphatic carbocycles. The largest absolute Gasteiger partial charge is 0.390 e. The number of carbonyl (C=O) groups is 1. The maximum absolute atomic E-state index is 12.1. The van der Waals surface area contributed by atoms with Gasteiger partial charge in [0.25, 0.3) is 0 Å². The van der Waals surface area contributed by atoms with E-state index in [4.69, 9.17) is 0 Å². The highest BCUT2D eigenvalue weighted by Gasteiger charge is 2.26. The van der Waals surface area contributed by atoms with Gasteiger partial charge in [-0.3, -0.25) is 9.79 Å². The first-order valence-electron chi connectivity index (χ1n) is 7.71. The van der Waals surface area contributed by atoms with Crippen molar-refractivity contribution in [1.29, 1.82) is 0 Å². The van der Waals surface area contributed by atoms with Crippen LogP contribution in [0.1, 0.15) is 18.4 Å². The van der Waals surface area contributed by atoms with Crippen molar-refractivity contribution in [2.45, 2.75) is 25.6 Å². The Kier molecular flexibility index (Phi) is 11.9. The van der Waals surface area contributed by atoms with Gasteiger partial charge in [-0.2, -0.15) is 13.2 Å². The summed E-state index contributed by atoms with van der Waals surface area (Å²) in [6.07, 6.45) is -4.95. The van der Waals surface area contributed by atoms with E-state index in [1.807, 2.05) is 24.3 Å². The molecule has 0 saturated heterocycles. The Morgan fingerprint density at radius 3 is 2.42 bits per heavy atom. The number of nitrogens with zero attached hydrogens (tertiary/aromatic N) is 2. The van der Waals surface area contributed by atoms with Gasteiger partial charge in [-0.25, -0.2) is 0 Å². The summed E-state index contributed by atoms with van der Waals surface area (Å²) in [6, 6.07) is 7.64. The molecule has 5 nitrogen and oxygen atoms in total. The van der Waals surface area contributed by atoms with Gasteiger partial charge in [0.2, 0.25) is 5.91 Å². The summed E-state index contributed by atoms with van der Waals surface area (Å²) in [4.78, 5) is 17.6. The van der Waals surface area contributed by atoms with E-state index >= 15 is 0 Å². The van der Waals surface area contributed by atoms with Crippen molar-refractivity contribution < 1.29 is 18.0 Å². The summed E-state index contributed by atoms with van der Waals surface area (Å²) in [5.41, 5.74) is 0.996. The summed E-state index contributed by atoms with van der Waals surface area (Å²) in [5, 5.41) is 5.40. The molecule has 0 atom stereocenters. The predicted molar refractivity (Wildman–Crippen MR) is 111 cm³/mol. The number of hydrogen-bond acceptors (Lipinski definition) is 2. The molecule has 0 bridgehead atoms. The van der Waals surface area contributed by atoms with Crippen LogP contribution in [0.4, 0.5) is 13.2 Å². The second-order valence-electron chi connectivity index (χ2n) is 5.38. The van der Waals surface area contributed by atoms with Crippen molar-refractivity contribution in [3.63, 3.8) is 0 Å². The van der Waals surface area contributed by atoms with Crippen LogP contribution in [-0.4, -0.2) is 50.1 Å². The summed E-state index contributed by atoms with van der Waals surface area (Å²) < 4.78 is 37.3. The van der Waals surface area contributed by atoms with E-state index in [0.717, 1.165) is 10.0 Å². The molecule has 148 valence electrons. The Morgan fingerprint density at radius 1 is 1.23 bits per heavy atom. The fourth-order valence-corrected chi connectivity index (χ4v) is 2.40. The van der Waals surface area contributed by atoms with E-state index in [1.165, 1.54) is 7.05 Å². The maximum atomic E-state index is 12.1. The standard InChI is InChI=1S/C16H22BrF3N4O.HI/c1-21-15(23-10-8-16(18,19)20)22-9-7-14(25)24(2)11-12-5-3-4-6-13(12)17;/h3-6H,7-11H2,1-2H3,(H2,21,22,23);1H. The minimum atomic E-state index is -4.21. The number of benzene rings is 1. The highest BCUT2D eigenvalue weighted by Crippen LogP contribution is 2.18. The van der Waals surface area contributed by atoms with Gasteiger partial charge in [0.15, 0.2) is 5.96 Å². The molecule has 0 unspecified atom stereocenters. The van der Waals surface area contributed by atoms with E-state index in [9.17, 15) is 18.0 Å². The normalized spacial score (nSPS) is 11.5. The molecule has 0 aliphatic heterocycles. The van der Waals surface area contributed by atoms with Crippen LogP contribution in [0.3, 0.4) is 0 Å². The highest BCUT2D eigenvalue weighted by molar-refractivity contribution is 14.0. The molecule has 0 radical (unpaired) electrons. The SMILES string of the molecule is CN=C(NCCC(=O)N(C)Cc1ccccc1Br)NCCC(F)(F)F.I. The monoisotopic (exact) mass is 550 g/mol. The van der Waals surface area contributed by atoms with E-state index in [-0.39, 0.29) is 55.4 Å². The number of rotatable bonds is 7. The Hall–Kier alpha value is -1.04. The Balaban J connectivity index is 0.00000625. The van der Waals surface area contributed by atoms with Crippen molar-refractivity contribution in [3.8, 4) is 0 Å². The molecular weight excluding hydrogens is 528 g/mol. The fourth-order valence-electron chi connectivity index (χ4n) is 1.99. The maximum Gasteiger partial charge on any atom is 0.390 e. The number of aliphatic imine (C=N–C) groups is 1. The van der Waals surface area contributed by atoms with E-state index in [0.29, 0.717) is 6.54 Å². The molecule has 1 amide bonds. The van der Waals surface area contributed by atoms with Crippen LogP contribution < -0.4 is 10.6 Å². The van der Waals surface area contributed by atoms with Crippen LogP contribution in [-0.2, 0) is 11.3 Å². The van der Waals surface area contributed by atoms with Gasteiger partial charge >= 0.3 is 6.18 Å². The zero-order valence-electron chi connectivity index (χ0n) is 14.6. The Labute approximate surface area is 177 Å². The third-order valence-corrected chi connectivity index (χ3v) is 4.12. The summed E-state index contributed by atoms with van der Waals surface area (Å²) >= 11 is 3.44. The van der Waals surface area contributed by atoms with Gasteiger partial charge < -0.3 is 15.5 Å². The molecule has 0 spiro atoms. The van der Waals surface area contributed by atoms with Crippen molar-refractivity contribution in [2.24, 2.45) is 4.99 Å². The van der Waals surface area contributed by atoms with Gasteiger partial charge in [0.1, 0.15) is 0 Å². The first kappa shape index (κ1) is 25.0. The van der Waals surface area contributed by atoms with Crippen LogP contribution in [0.25, 0.3) is 0 Å². The number of nitrogens with one attached hydrogen (secondary N) is 2. The molecule has 0 fully saturated rings. The molecule has 0 aromatic heterocycles. The average Bonchev–Trinajstić information content (AvgIpc) is 2.54. The van der Waals surface area contributed by atoms with Crippen molar-refractivity contribution in [3.05, 3.63) is 34.3 Å². The molecule has 0 saturated carbocycles. The quantitative estimate of drug-likeness (QED) is 0.310. The third kappa shape index (κ3) is 10.2. The third-order valence-electron chi connectivity index (χ3n) is 3.35. The summed E-state index contributed by atoms with van der Waals surface area (Å²) in [7, 11) is 3.17. The molecular formula is C16H23BrF3IN4O. The molecule has 1 aromatic rings. The van der Waals surface area contributed by atoms with E-state index in [2.05, 4.69) is 31.6 Å². The van der Waals surface area contributed by atoms with Crippen molar-refractivity contribution in [1.82, 2.24) is 15.5 Å². The molecule has 1 rings (SSSR count). The minimum absolute atomic E-state index is 0.